The van der Waals surface area contributed by atoms with E-state index >= 15 is 0 Å². The number of anilines is 1. The highest BCUT2D eigenvalue weighted by molar-refractivity contribution is 5.55. The van der Waals surface area contributed by atoms with Crippen LogP contribution in [0.3, 0.4) is 0 Å². The third-order valence-corrected chi connectivity index (χ3v) is 1.93. The van der Waals surface area contributed by atoms with Gasteiger partial charge in [-0.3, -0.25) is 0 Å². The first-order valence-electron chi connectivity index (χ1n) is 4.49. The molecule has 0 spiro atoms. The number of nitrogens with one attached hydrogen (secondary N) is 2. The first-order chi connectivity index (χ1) is 7.40. The summed E-state index contributed by atoms with van der Waals surface area (Å²) < 4.78 is 5.19. The van der Waals surface area contributed by atoms with Crippen molar-refractivity contribution >= 4 is 5.69 Å². The van der Waals surface area contributed by atoms with Crippen molar-refractivity contribution in [3.63, 3.8) is 0 Å². The molecule has 0 bridgehead atoms. The standard InChI is InChI=1S/C9H11N5O/c1-15-8-5-3-2-4-7(8)10-6-9-11-13-14-12-9/h2-5,10H,6H2,1H3,(H,11,12,13,14). The Kier molecular flexibility index (Phi) is 2.77. The van der Waals surface area contributed by atoms with Gasteiger partial charge in [0.1, 0.15) is 5.75 Å². The third kappa shape index (κ3) is 2.22. The molecule has 2 aromatic rings. The maximum atomic E-state index is 5.19. The largest absolute Gasteiger partial charge is 0.495 e. The molecule has 78 valence electrons. The molecule has 0 saturated heterocycles. The second-order valence-electron chi connectivity index (χ2n) is 2.88. The quantitative estimate of drug-likeness (QED) is 0.772. The van der Waals surface area contributed by atoms with Gasteiger partial charge in [-0.25, -0.2) is 0 Å². The van der Waals surface area contributed by atoms with Crippen LogP contribution >= 0.6 is 0 Å². The SMILES string of the molecule is COc1ccccc1NCc1nn[nH]n1. The van der Waals surface area contributed by atoms with Crippen molar-refractivity contribution < 1.29 is 4.74 Å². The normalized spacial score (nSPS) is 9.93. The average Bonchev–Trinajstić information content (AvgIpc) is 2.79. The number of rotatable bonds is 4. The first kappa shape index (κ1) is 9.45. The molecule has 0 atom stereocenters. The van der Waals surface area contributed by atoms with E-state index in [0.29, 0.717) is 12.4 Å². The van der Waals surface area contributed by atoms with Crippen LogP contribution in [-0.4, -0.2) is 27.7 Å². The Labute approximate surface area is 86.7 Å². The van der Waals surface area contributed by atoms with Gasteiger partial charge in [0.05, 0.1) is 19.3 Å². The van der Waals surface area contributed by atoms with Crippen LogP contribution in [0.4, 0.5) is 5.69 Å². The van der Waals surface area contributed by atoms with Gasteiger partial charge in [-0.15, -0.1) is 10.2 Å². The summed E-state index contributed by atoms with van der Waals surface area (Å²) in [5.41, 5.74) is 0.907. The highest BCUT2D eigenvalue weighted by Crippen LogP contribution is 2.22. The van der Waals surface area contributed by atoms with Crippen LogP contribution in [0.15, 0.2) is 24.3 Å². The molecule has 0 saturated carbocycles. The number of aromatic nitrogens is 4. The molecule has 1 aromatic carbocycles. The Hall–Kier alpha value is -2.11. The summed E-state index contributed by atoms with van der Waals surface area (Å²) in [6.07, 6.45) is 0. The smallest absolute Gasteiger partial charge is 0.193 e. The molecule has 6 heteroatoms. The third-order valence-electron chi connectivity index (χ3n) is 1.93. The molecule has 6 nitrogen and oxygen atoms in total. The molecule has 0 unspecified atom stereocenters. The average molecular weight is 205 g/mol. The number of methoxy groups -OCH3 is 1. The molecular weight excluding hydrogens is 194 g/mol. The van der Waals surface area contributed by atoms with E-state index in [1.54, 1.807) is 7.11 Å². The summed E-state index contributed by atoms with van der Waals surface area (Å²) in [6.45, 7) is 0.511. The fraction of sp³-hybridized carbons (Fsp3) is 0.222. The summed E-state index contributed by atoms with van der Waals surface area (Å²) in [6, 6.07) is 7.66. The number of ether oxygens (including phenoxy) is 1. The first-order valence-corrected chi connectivity index (χ1v) is 4.49. The number of para-hydroxylation sites is 2. The highest BCUT2D eigenvalue weighted by Gasteiger charge is 2.02. The van der Waals surface area contributed by atoms with E-state index < -0.39 is 0 Å². The number of aromatic amines is 1. The van der Waals surface area contributed by atoms with Crippen LogP contribution in [0, 0.1) is 0 Å². The lowest BCUT2D eigenvalue weighted by Gasteiger charge is -2.08. The van der Waals surface area contributed by atoms with Crippen LogP contribution in [0.1, 0.15) is 5.82 Å². The Morgan fingerprint density at radius 3 is 3.00 bits per heavy atom. The van der Waals surface area contributed by atoms with Crippen molar-refractivity contribution in [1.82, 2.24) is 20.6 Å². The molecule has 0 aliphatic rings. The lowest BCUT2D eigenvalue weighted by molar-refractivity contribution is 0.416. The zero-order chi connectivity index (χ0) is 10.5. The number of hydrogen-bond donors (Lipinski definition) is 2. The second kappa shape index (κ2) is 4.41. The van der Waals surface area contributed by atoms with E-state index in [0.717, 1.165) is 11.4 Å². The zero-order valence-electron chi connectivity index (χ0n) is 8.27. The molecule has 2 rings (SSSR count). The van der Waals surface area contributed by atoms with Crippen LogP contribution in [0.2, 0.25) is 0 Å². The van der Waals surface area contributed by atoms with Crippen LogP contribution in [0.5, 0.6) is 5.75 Å². The summed E-state index contributed by atoms with van der Waals surface area (Å²) in [4.78, 5) is 0. The van der Waals surface area contributed by atoms with E-state index in [2.05, 4.69) is 25.9 Å². The van der Waals surface area contributed by atoms with Gasteiger partial charge < -0.3 is 10.1 Å². The highest BCUT2D eigenvalue weighted by atomic mass is 16.5. The Bertz CT molecular complexity index is 414. The number of H-pyrrole nitrogens is 1. The summed E-state index contributed by atoms with van der Waals surface area (Å²) in [5.74, 6) is 1.40. The van der Waals surface area contributed by atoms with E-state index in [1.165, 1.54) is 0 Å². The molecule has 15 heavy (non-hydrogen) atoms. The van der Waals surface area contributed by atoms with Crippen molar-refractivity contribution in [3.8, 4) is 5.75 Å². The zero-order valence-corrected chi connectivity index (χ0v) is 8.27. The molecule has 1 aromatic heterocycles. The van der Waals surface area contributed by atoms with Crippen molar-refractivity contribution in [2.75, 3.05) is 12.4 Å². The van der Waals surface area contributed by atoms with Crippen molar-refractivity contribution in [3.05, 3.63) is 30.1 Å². The number of nitrogens with zero attached hydrogens (tertiary/aromatic N) is 3. The van der Waals surface area contributed by atoms with Crippen molar-refractivity contribution in [2.24, 2.45) is 0 Å². The Morgan fingerprint density at radius 2 is 2.27 bits per heavy atom. The number of benzene rings is 1. The predicted octanol–water partition coefficient (Wildman–Crippen LogP) is 0.820. The van der Waals surface area contributed by atoms with Crippen LogP contribution in [-0.2, 0) is 6.54 Å². The minimum atomic E-state index is 0.511. The maximum absolute atomic E-state index is 5.19. The molecule has 0 radical (unpaired) electrons. The van der Waals surface area contributed by atoms with Crippen LogP contribution in [0.25, 0.3) is 0 Å². The van der Waals surface area contributed by atoms with Gasteiger partial charge in [0, 0.05) is 0 Å². The van der Waals surface area contributed by atoms with Gasteiger partial charge >= 0.3 is 0 Å². The molecule has 1 heterocycles. The molecule has 2 N–H and O–H groups in total. The van der Waals surface area contributed by atoms with E-state index in [-0.39, 0.29) is 0 Å². The molecule has 0 fully saturated rings. The van der Waals surface area contributed by atoms with Gasteiger partial charge in [-0.2, -0.15) is 5.21 Å². The fourth-order valence-corrected chi connectivity index (χ4v) is 1.22. The molecular formula is C9H11N5O. The van der Waals surface area contributed by atoms with Crippen LogP contribution < -0.4 is 10.1 Å². The summed E-state index contributed by atoms with van der Waals surface area (Å²) >= 11 is 0. The lowest BCUT2D eigenvalue weighted by Crippen LogP contribution is -2.02. The minimum Gasteiger partial charge on any atom is -0.495 e. The van der Waals surface area contributed by atoms with E-state index in [9.17, 15) is 0 Å². The van der Waals surface area contributed by atoms with Gasteiger partial charge in [-0.1, -0.05) is 17.3 Å². The molecule has 0 amide bonds. The van der Waals surface area contributed by atoms with Gasteiger partial charge in [-0.05, 0) is 12.1 Å². The van der Waals surface area contributed by atoms with Gasteiger partial charge in [0.25, 0.3) is 0 Å². The summed E-state index contributed by atoms with van der Waals surface area (Å²) in [5, 5.41) is 16.7. The predicted molar refractivity (Wildman–Crippen MR) is 54.5 cm³/mol. The Morgan fingerprint density at radius 1 is 1.40 bits per heavy atom. The monoisotopic (exact) mass is 205 g/mol. The summed E-state index contributed by atoms with van der Waals surface area (Å²) in [7, 11) is 1.63. The van der Waals surface area contributed by atoms with Gasteiger partial charge in [0.2, 0.25) is 0 Å². The number of hydrogen-bond acceptors (Lipinski definition) is 5. The molecule has 0 aliphatic heterocycles. The second-order valence-corrected chi connectivity index (χ2v) is 2.88. The van der Waals surface area contributed by atoms with E-state index in [1.807, 2.05) is 24.3 Å². The minimum absolute atomic E-state index is 0.511. The Balaban J connectivity index is 2.04. The van der Waals surface area contributed by atoms with Crippen molar-refractivity contribution in [2.45, 2.75) is 6.54 Å². The van der Waals surface area contributed by atoms with Gasteiger partial charge in [0.15, 0.2) is 5.82 Å². The maximum Gasteiger partial charge on any atom is 0.193 e. The lowest BCUT2D eigenvalue weighted by atomic mass is 10.3. The fourth-order valence-electron chi connectivity index (χ4n) is 1.22. The molecule has 0 aliphatic carbocycles. The number of tetrazole rings is 1. The van der Waals surface area contributed by atoms with E-state index in [4.69, 9.17) is 4.74 Å². The topological polar surface area (TPSA) is 75.7 Å². The van der Waals surface area contributed by atoms with Crippen molar-refractivity contribution in [1.29, 1.82) is 0 Å².